The number of amides is 5. The van der Waals surface area contributed by atoms with Crippen molar-refractivity contribution < 1.29 is 28.7 Å². The molecule has 1 heterocycles. The van der Waals surface area contributed by atoms with Crippen LogP contribution in [0.15, 0.2) is 12.2 Å². The van der Waals surface area contributed by atoms with Crippen molar-refractivity contribution in [3.63, 3.8) is 0 Å². The Morgan fingerprint density at radius 1 is 0.972 bits per heavy atom. The number of nitrogens with one attached hydrogen (secondary N) is 5. The van der Waals surface area contributed by atoms with E-state index in [9.17, 15) is 24.0 Å². The molecule has 0 aliphatic carbocycles. The van der Waals surface area contributed by atoms with E-state index in [-0.39, 0.29) is 29.6 Å². The first-order chi connectivity index (χ1) is 16.9. The maximum absolute atomic E-state index is 13.2. The van der Waals surface area contributed by atoms with E-state index in [2.05, 4.69) is 26.6 Å². The number of methoxy groups -OCH3 is 1. The number of urea groups is 1. The molecule has 36 heavy (non-hydrogen) atoms. The summed E-state index contributed by atoms with van der Waals surface area (Å²) in [6.45, 7) is 11.4. The summed E-state index contributed by atoms with van der Waals surface area (Å²) in [5.41, 5.74) is 0. The molecule has 1 aliphatic heterocycles. The Balaban J connectivity index is 2.98. The van der Waals surface area contributed by atoms with Gasteiger partial charge in [-0.3, -0.25) is 14.4 Å². The third-order valence-electron chi connectivity index (χ3n) is 5.98. The van der Waals surface area contributed by atoms with Crippen LogP contribution in [0, 0.1) is 17.8 Å². The molecule has 0 saturated carbocycles. The van der Waals surface area contributed by atoms with Crippen LogP contribution in [0.1, 0.15) is 60.8 Å². The molecule has 0 saturated heterocycles. The summed E-state index contributed by atoms with van der Waals surface area (Å²) >= 11 is 0. The van der Waals surface area contributed by atoms with Crippen molar-refractivity contribution in [3.05, 3.63) is 12.2 Å². The van der Waals surface area contributed by atoms with E-state index in [4.69, 9.17) is 4.74 Å². The summed E-state index contributed by atoms with van der Waals surface area (Å²) in [4.78, 5) is 62.8. The fraction of sp³-hybridized carbons (Fsp3) is 0.720. The predicted molar refractivity (Wildman–Crippen MR) is 136 cm³/mol. The normalized spacial score (nSPS) is 21.8. The largest absolute Gasteiger partial charge is 0.467 e. The fourth-order valence-corrected chi connectivity index (χ4v) is 3.65. The molecule has 5 amide bonds. The zero-order chi connectivity index (χ0) is 27.4. The molecule has 0 radical (unpaired) electrons. The Morgan fingerprint density at radius 2 is 1.58 bits per heavy atom. The van der Waals surface area contributed by atoms with Crippen molar-refractivity contribution in [2.24, 2.45) is 17.8 Å². The zero-order valence-electron chi connectivity index (χ0n) is 22.5. The Hall–Kier alpha value is -3.11. The van der Waals surface area contributed by atoms with Crippen molar-refractivity contribution in [2.75, 3.05) is 13.7 Å². The van der Waals surface area contributed by atoms with E-state index in [0.717, 1.165) is 0 Å². The fourth-order valence-electron chi connectivity index (χ4n) is 3.65. The third kappa shape index (κ3) is 10.2. The molecule has 1 aliphatic rings. The van der Waals surface area contributed by atoms with E-state index < -0.39 is 42.1 Å². The van der Waals surface area contributed by atoms with Crippen LogP contribution >= 0.6 is 0 Å². The molecule has 0 aromatic heterocycles. The number of esters is 1. The summed E-state index contributed by atoms with van der Waals surface area (Å²) < 4.78 is 4.74. The zero-order valence-corrected chi connectivity index (χ0v) is 22.5. The molecule has 11 heteroatoms. The first-order valence-electron chi connectivity index (χ1n) is 12.6. The van der Waals surface area contributed by atoms with Crippen LogP contribution in [0.3, 0.4) is 0 Å². The lowest BCUT2D eigenvalue weighted by atomic mass is 10.00. The van der Waals surface area contributed by atoms with Crippen LogP contribution in [0.2, 0.25) is 0 Å². The number of ether oxygens (including phenoxy) is 1. The van der Waals surface area contributed by atoms with Gasteiger partial charge in [-0.2, -0.15) is 0 Å². The Bertz CT molecular complexity index is 811. The molecular weight excluding hydrogens is 466 g/mol. The van der Waals surface area contributed by atoms with Gasteiger partial charge in [-0.05, 0) is 37.0 Å². The summed E-state index contributed by atoms with van der Waals surface area (Å²) in [7, 11) is 1.24. The van der Waals surface area contributed by atoms with E-state index in [0.29, 0.717) is 25.8 Å². The molecule has 204 valence electrons. The van der Waals surface area contributed by atoms with Crippen LogP contribution in [0.25, 0.3) is 0 Å². The number of carbonyl (C=O) groups excluding carboxylic acids is 5. The highest BCUT2D eigenvalue weighted by molar-refractivity contribution is 5.93. The molecule has 11 nitrogen and oxygen atoms in total. The smallest absolute Gasteiger partial charge is 0.328 e. The second kappa shape index (κ2) is 15.1. The third-order valence-corrected chi connectivity index (χ3v) is 5.98. The standard InChI is InChI=1S/C25H43N5O6/c1-14(2)17-11-12-19(31)26-13-9-8-10-18(22(32)27-17)28-23(33)20(15(3)4)29-25(35)30-21(16(5)6)24(34)36-7/h11-12,14-18,20-21H,8-10,13H2,1-7H3,(H,26,31)(H,27,32)(H,28,33)(H2,29,30,35)/b12-11+/t17-,18?,20+,21+/m1/s1. The second-order valence-electron chi connectivity index (χ2n) is 10.1. The van der Waals surface area contributed by atoms with Gasteiger partial charge in [0, 0.05) is 18.7 Å². The van der Waals surface area contributed by atoms with Gasteiger partial charge >= 0.3 is 12.0 Å². The number of carbonyl (C=O) groups is 5. The lowest BCUT2D eigenvalue weighted by Crippen LogP contribution is -2.59. The monoisotopic (exact) mass is 509 g/mol. The number of rotatable bonds is 8. The minimum atomic E-state index is -0.940. The first-order valence-corrected chi connectivity index (χ1v) is 12.6. The molecule has 4 atom stereocenters. The minimum absolute atomic E-state index is 0.0229. The molecule has 1 unspecified atom stereocenters. The van der Waals surface area contributed by atoms with Gasteiger partial charge in [0.15, 0.2) is 0 Å². The van der Waals surface area contributed by atoms with Crippen LogP contribution in [0.5, 0.6) is 0 Å². The van der Waals surface area contributed by atoms with E-state index in [1.807, 2.05) is 13.8 Å². The topological polar surface area (TPSA) is 155 Å². The highest BCUT2D eigenvalue weighted by atomic mass is 16.5. The van der Waals surface area contributed by atoms with Gasteiger partial charge in [0.2, 0.25) is 17.7 Å². The summed E-state index contributed by atoms with van der Waals surface area (Å²) in [6, 6.07) is -3.70. The molecule has 1 rings (SSSR count). The van der Waals surface area contributed by atoms with Gasteiger partial charge in [0.05, 0.1) is 7.11 Å². The van der Waals surface area contributed by atoms with Crippen LogP contribution in [0.4, 0.5) is 4.79 Å². The van der Waals surface area contributed by atoms with E-state index in [1.165, 1.54) is 13.2 Å². The average molecular weight is 510 g/mol. The van der Waals surface area contributed by atoms with Crippen LogP contribution in [-0.2, 0) is 23.9 Å². The predicted octanol–water partition coefficient (Wildman–Crippen LogP) is 0.990. The Labute approximate surface area is 213 Å². The van der Waals surface area contributed by atoms with E-state index in [1.54, 1.807) is 33.8 Å². The van der Waals surface area contributed by atoms with Crippen molar-refractivity contribution in [2.45, 2.75) is 85.0 Å². The number of hydrogen-bond donors (Lipinski definition) is 5. The highest BCUT2D eigenvalue weighted by Crippen LogP contribution is 2.10. The maximum Gasteiger partial charge on any atom is 0.328 e. The summed E-state index contributed by atoms with van der Waals surface area (Å²) in [5.74, 6) is -2.14. The van der Waals surface area contributed by atoms with Gasteiger partial charge in [-0.1, -0.05) is 47.6 Å². The lowest BCUT2D eigenvalue weighted by molar-refractivity contribution is -0.144. The van der Waals surface area contributed by atoms with Gasteiger partial charge in [0.1, 0.15) is 18.1 Å². The maximum atomic E-state index is 13.2. The molecule has 0 aromatic rings. The quantitative estimate of drug-likeness (QED) is 0.307. The van der Waals surface area contributed by atoms with Crippen molar-refractivity contribution >= 4 is 29.7 Å². The SMILES string of the molecule is COC(=O)[C@@H](NC(=O)N[C@H](C(=O)NC1CCCCNC(=O)/C=C/[C@H](C(C)C)NC1=O)C(C)C)C(C)C. The summed E-state index contributed by atoms with van der Waals surface area (Å²) in [5, 5.41) is 13.7. The number of hydrogen-bond acceptors (Lipinski definition) is 6. The Morgan fingerprint density at radius 3 is 2.14 bits per heavy atom. The Kier molecular flexibility index (Phi) is 13.0. The van der Waals surface area contributed by atoms with E-state index >= 15 is 0 Å². The van der Waals surface area contributed by atoms with Crippen LogP contribution in [-0.4, -0.2) is 67.5 Å². The minimum Gasteiger partial charge on any atom is -0.467 e. The van der Waals surface area contributed by atoms with Crippen molar-refractivity contribution in [3.8, 4) is 0 Å². The molecule has 0 bridgehead atoms. The highest BCUT2D eigenvalue weighted by Gasteiger charge is 2.31. The van der Waals surface area contributed by atoms with Gasteiger partial charge in [-0.25, -0.2) is 9.59 Å². The molecule has 0 spiro atoms. The molecule has 5 N–H and O–H groups in total. The first kappa shape index (κ1) is 30.9. The van der Waals surface area contributed by atoms with Gasteiger partial charge in [-0.15, -0.1) is 0 Å². The second-order valence-corrected chi connectivity index (χ2v) is 10.1. The molecular formula is C25H43N5O6. The molecule has 0 fully saturated rings. The molecule has 0 aromatic carbocycles. The lowest BCUT2D eigenvalue weighted by Gasteiger charge is -2.28. The summed E-state index contributed by atoms with van der Waals surface area (Å²) in [6.07, 6.45) is 4.68. The van der Waals surface area contributed by atoms with Gasteiger partial charge in [0.25, 0.3) is 0 Å². The van der Waals surface area contributed by atoms with Crippen LogP contribution < -0.4 is 26.6 Å². The van der Waals surface area contributed by atoms with Crippen molar-refractivity contribution in [1.82, 2.24) is 26.6 Å². The average Bonchev–Trinajstić information content (AvgIpc) is 2.80. The van der Waals surface area contributed by atoms with Crippen molar-refractivity contribution in [1.29, 1.82) is 0 Å². The van der Waals surface area contributed by atoms with Gasteiger partial charge < -0.3 is 31.3 Å².